The van der Waals surface area contributed by atoms with Crippen LogP contribution in [0.5, 0.6) is 0 Å². The molecule has 0 aliphatic carbocycles. The number of aliphatic hydroxyl groups is 1. The van der Waals surface area contributed by atoms with Gasteiger partial charge in [-0.05, 0) is 12.3 Å². The third-order valence-corrected chi connectivity index (χ3v) is 2.29. The third kappa shape index (κ3) is 2.56. The maximum Gasteiger partial charge on any atom is 0.105 e. The molecule has 1 rings (SSSR count). The van der Waals surface area contributed by atoms with Crippen LogP contribution in [0.3, 0.4) is 0 Å². The predicted octanol–water partition coefficient (Wildman–Crippen LogP) is 1.60. The van der Waals surface area contributed by atoms with Crippen molar-refractivity contribution in [3.63, 3.8) is 0 Å². The van der Waals surface area contributed by atoms with Gasteiger partial charge in [0.2, 0.25) is 0 Å². The molecule has 0 aliphatic rings. The van der Waals surface area contributed by atoms with E-state index in [1.54, 1.807) is 6.20 Å². The first-order valence-corrected chi connectivity index (χ1v) is 4.57. The summed E-state index contributed by atoms with van der Waals surface area (Å²) >= 11 is 0. The Morgan fingerprint density at radius 2 is 2.15 bits per heavy atom. The average molecular weight is 182 g/mol. The van der Waals surface area contributed by atoms with Crippen LogP contribution in [0.1, 0.15) is 26.6 Å². The normalized spacial score (nSPS) is 14.5. The summed E-state index contributed by atoms with van der Waals surface area (Å²) in [5.74, 6) is 0.948. The number of nitrogens with zero attached hydrogens (tertiary/aromatic N) is 2. The van der Waals surface area contributed by atoms with Crippen molar-refractivity contribution >= 4 is 0 Å². The summed E-state index contributed by atoms with van der Waals surface area (Å²) < 4.78 is 1.97. The summed E-state index contributed by atoms with van der Waals surface area (Å²) in [6.45, 7) is 8.66. The lowest BCUT2D eigenvalue weighted by Gasteiger charge is -2.26. The number of aryl methyl sites for hydroxylation is 1. The van der Waals surface area contributed by atoms with Crippen LogP contribution >= 0.6 is 0 Å². The minimum Gasteiger partial charge on any atom is -0.391 e. The summed E-state index contributed by atoms with van der Waals surface area (Å²) in [4.78, 5) is 4.10. The van der Waals surface area contributed by atoms with Gasteiger partial charge in [0.25, 0.3) is 0 Å². The van der Waals surface area contributed by atoms with Crippen molar-refractivity contribution in [3.05, 3.63) is 18.2 Å². The molecule has 74 valence electrons. The molecule has 1 N–H and O–H groups in total. The third-order valence-electron chi connectivity index (χ3n) is 2.29. The van der Waals surface area contributed by atoms with E-state index in [0.29, 0.717) is 6.54 Å². The molecule has 1 unspecified atom stereocenters. The quantitative estimate of drug-likeness (QED) is 0.754. The van der Waals surface area contributed by atoms with Crippen molar-refractivity contribution in [2.75, 3.05) is 0 Å². The molecular weight excluding hydrogens is 164 g/mol. The standard InChI is InChI=1S/C10H18N2O/c1-8-11-5-6-12(8)7-9(13)10(2,3)4/h5-6,9,13H,7H2,1-4H3. The lowest BCUT2D eigenvalue weighted by atomic mass is 9.89. The predicted molar refractivity (Wildman–Crippen MR) is 52.4 cm³/mol. The summed E-state index contributed by atoms with van der Waals surface area (Å²) in [6.07, 6.45) is 3.31. The fraction of sp³-hybridized carbons (Fsp3) is 0.700. The Balaban J connectivity index is 2.65. The van der Waals surface area contributed by atoms with Crippen molar-refractivity contribution in [1.29, 1.82) is 0 Å². The Morgan fingerprint density at radius 1 is 1.54 bits per heavy atom. The Bertz CT molecular complexity index is 273. The molecule has 13 heavy (non-hydrogen) atoms. The molecule has 0 saturated heterocycles. The minimum absolute atomic E-state index is 0.0727. The molecule has 0 fully saturated rings. The van der Waals surface area contributed by atoms with E-state index in [1.165, 1.54) is 0 Å². The van der Waals surface area contributed by atoms with Gasteiger partial charge in [-0.1, -0.05) is 20.8 Å². The maximum atomic E-state index is 9.83. The van der Waals surface area contributed by atoms with Crippen LogP contribution in [-0.2, 0) is 6.54 Å². The Morgan fingerprint density at radius 3 is 2.54 bits per heavy atom. The van der Waals surface area contributed by atoms with E-state index >= 15 is 0 Å². The highest BCUT2D eigenvalue weighted by Crippen LogP contribution is 2.20. The van der Waals surface area contributed by atoms with Crippen LogP contribution in [0.4, 0.5) is 0 Å². The molecule has 0 bridgehead atoms. The minimum atomic E-state index is -0.333. The van der Waals surface area contributed by atoms with Crippen molar-refractivity contribution in [2.45, 2.75) is 40.3 Å². The van der Waals surface area contributed by atoms with Gasteiger partial charge in [0.1, 0.15) is 5.82 Å². The molecule has 0 aromatic carbocycles. The molecule has 0 amide bonds. The molecule has 1 aromatic heterocycles. The first kappa shape index (κ1) is 10.3. The fourth-order valence-corrected chi connectivity index (χ4v) is 1.06. The van der Waals surface area contributed by atoms with Crippen molar-refractivity contribution in [1.82, 2.24) is 9.55 Å². The van der Waals surface area contributed by atoms with Crippen LogP contribution < -0.4 is 0 Å². The lowest BCUT2D eigenvalue weighted by molar-refractivity contribution is 0.0476. The number of hydrogen-bond donors (Lipinski definition) is 1. The van der Waals surface area contributed by atoms with Gasteiger partial charge in [-0.3, -0.25) is 0 Å². The van der Waals surface area contributed by atoms with E-state index in [1.807, 2.05) is 38.5 Å². The first-order valence-electron chi connectivity index (χ1n) is 4.57. The highest BCUT2D eigenvalue weighted by atomic mass is 16.3. The summed E-state index contributed by atoms with van der Waals surface area (Å²) in [5, 5.41) is 9.83. The maximum absolute atomic E-state index is 9.83. The van der Waals surface area contributed by atoms with E-state index in [-0.39, 0.29) is 11.5 Å². The van der Waals surface area contributed by atoms with Crippen LogP contribution in [0.15, 0.2) is 12.4 Å². The average Bonchev–Trinajstić information content (AvgIpc) is 2.34. The molecule has 0 aliphatic heterocycles. The smallest absolute Gasteiger partial charge is 0.105 e. The summed E-state index contributed by atoms with van der Waals surface area (Å²) in [6, 6.07) is 0. The summed E-state index contributed by atoms with van der Waals surface area (Å²) in [5.41, 5.74) is -0.0727. The van der Waals surface area contributed by atoms with Crippen LogP contribution in [0, 0.1) is 12.3 Å². The highest BCUT2D eigenvalue weighted by molar-refractivity contribution is 4.90. The second-order valence-electron chi connectivity index (χ2n) is 4.51. The second kappa shape index (κ2) is 3.50. The number of hydrogen-bond acceptors (Lipinski definition) is 2. The van der Waals surface area contributed by atoms with E-state index in [0.717, 1.165) is 5.82 Å². The molecule has 3 heteroatoms. The number of imidazole rings is 1. The molecule has 0 radical (unpaired) electrons. The number of aromatic nitrogens is 2. The van der Waals surface area contributed by atoms with E-state index in [4.69, 9.17) is 0 Å². The van der Waals surface area contributed by atoms with Crippen LogP contribution in [-0.4, -0.2) is 20.8 Å². The monoisotopic (exact) mass is 182 g/mol. The largest absolute Gasteiger partial charge is 0.391 e. The molecule has 1 heterocycles. The van der Waals surface area contributed by atoms with Crippen molar-refractivity contribution < 1.29 is 5.11 Å². The Labute approximate surface area is 79.4 Å². The van der Waals surface area contributed by atoms with Crippen molar-refractivity contribution in [2.24, 2.45) is 5.41 Å². The molecule has 1 aromatic rings. The van der Waals surface area contributed by atoms with E-state index in [9.17, 15) is 5.11 Å². The molecule has 3 nitrogen and oxygen atoms in total. The Kier molecular flexibility index (Phi) is 2.76. The van der Waals surface area contributed by atoms with Gasteiger partial charge in [0.15, 0.2) is 0 Å². The zero-order chi connectivity index (χ0) is 10.1. The summed E-state index contributed by atoms with van der Waals surface area (Å²) in [7, 11) is 0. The van der Waals surface area contributed by atoms with E-state index in [2.05, 4.69) is 4.98 Å². The van der Waals surface area contributed by atoms with Gasteiger partial charge in [0.05, 0.1) is 12.6 Å². The highest BCUT2D eigenvalue weighted by Gasteiger charge is 2.22. The van der Waals surface area contributed by atoms with Gasteiger partial charge >= 0.3 is 0 Å². The fourth-order valence-electron chi connectivity index (χ4n) is 1.06. The Hall–Kier alpha value is -0.830. The van der Waals surface area contributed by atoms with Crippen molar-refractivity contribution in [3.8, 4) is 0 Å². The van der Waals surface area contributed by atoms with Gasteiger partial charge in [-0.15, -0.1) is 0 Å². The van der Waals surface area contributed by atoms with Gasteiger partial charge < -0.3 is 9.67 Å². The van der Waals surface area contributed by atoms with Crippen LogP contribution in [0.25, 0.3) is 0 Å². The van der Waals surface area contributed by atoms with Gasteiger partial charge in [0, 0.05) is 12.4 Å². The lowest BCUT2D eigenvalue weighted by Crippen LogP contribution is -2.30. The SMILES string of the molecule is Cc1nccn1CC(O)C(C)(C)C. The molecule has 0 spiro atoms. The topological polar surface area (TPSA) is 38.0 Å². The first-order chi connectivity index (χ1) is 5.91. The number of aliphatic hydroxyl groups excluding tert-OH is 1. The van der Waals surface area contributed by atoms with Gasteiger partial charge in [-0.25, -0.2) is 4.98 Å². The zero-order valence-electron chi connectivity index (χ0n) is 8.78. The number of rotatable bonds is 2. The van der Waals surface area contributed by atoms with Gasteiger partial charge in [-0.2, -0.15) is 0 Å². The van der Waals surface area contributed by atoms with E-state index < -0.39 is 0 Å². The zero-order valence-corrected chi connectivity index (χ0v) is 8.78. The van der Waals surface area contributed by atoms with Crippen LogP contribution in [0.2, 0.25) is 0 Å². The molecular formula is C10H18N2O. The molecule has 1 atom stereocenters. The second-order valence-corrected chi connectivity index (χ2v) is 4.51. The molecule has 0 saturated carbocycles.